The second-order valence-electron chi connectivity index (χ2n) is 7.13. The Balaban J connectivity index is 1.55. The van der Waals surface area contributed by atoms with Gasteiger partial charge >= 0.3 is 0 Å². The Hall–Kier alpha value is -1.39. The van der Waals surface area contributed by atoms with Crippen molar-refractivity contribution in [2.75, 3.05) is 32.8 Å². The quantitative estimate of drug-likeness (QED) is 0.835. The number of nitrogens with one attached hydrogen (secondary N) is 1. The van der Waals surface area contributed by atoms with Crippen molar-refractivity contribution in [2.45, 2.75) is 44.6 Å². The van der Waals surface area contributed by atoms with Gasteiger partial charge in [0.05, 0.1) is 19.3 Å². The monoisotopic (exact) mass is 330 g/mol. The molecule has 1 atom stereocenters. The van der Waals surface area contributed by atoms with Gasteiger partial charge in [-0.3, -0.25) is 9.69 Å². The number of carbonyl (C=O) groups is 1. The van der Waals surface area contributed by atoms with Crippen LogP contribution in [0.2, 0.25) is 0 Å². The van der Waals surface area contributed by atoms with Gasteiger partial charge in [0.2, 0.25) is 5.91 Å². The van der Waals surface area contributed by atoms with Crippen molar-refractivity contribution in [3.05, 3.63) is 35.9 Å². The van der Waals surface area contributed by atoms with Crippen molar-refractivity contribution in [1.29, 1.82) is 0 Å². The molecule has 1 saturated carbocycles. The van der Waals surface area contributed by atoms with Crippen LogP contribution in [0.5, 0.6) is 0 Å². The first-order chi connectivity index (χ1) is 11.8. The molecule has 24 heavy (non-hydrogen) atoms. The van der Waals surface area contributed by atoms with Crippen LogP contribution in [-0.4, -0.2) is 43.7 Å². The molecule has 1 aromatic rings. The summed E-state index contributed by atoms with van der Waals surface area (Å²) in [6.45, 7) is 4.33. The van der Waals surface area contributed by atoms with Crippen LogP contribution in [0.4, 0.5) is 0 Å². The molecule has 132 valence electrons. The van der Waals surface area contributed by atoms with Crippen LogP contribution >= 0.6 is 0 Å². The molecule has 1 aliphatic heterocycles. The Morgan fingerprint density at radius 3 is 2.58 bits per heavy atom. The minimum Gasteiger partial charge on any atom is -0.379 e. The first-order valence-corrected chi connectivity index (χ1v) is 9.45. The lowest BCUT2D eigenvalue weighted by Crippen LogP contribution is -2.43. The second-order valence-corrected chi connectivity index (χ2v) is 7.13. The summed E-state index contributed by atoms with van der Waals surface area (Å²) in [5.74, 6) is 0.967. The van der Waals surface area contributed by atoms with Gasteiger partial charge in [0.15, 0.2) is 0 Å². The van der Waals surface area contributed by atoms with E-state index in [1.54, 1.807) is 0 Å². The van der Waals surface area contributed by atoms with Crippen LogP contribution in [0.15, 0.2) is 30.3 Å². The Morgan fingerprint density at radius 2 is 1.88 bits per heavy atom. The average molecular weight is 330 g/mol. The van der Waals surface area contributed by atoms with Crippen LogP contribution in [0, 0.1) is 5.92 Å². The average Bonchev–Trinajstić information content (AvgIpc) is 3.15. The Bertz CT molecular complexity index is 494. The molecule has 0 aromatic heterocycles. The van der Waals surface area contributed by atoms with E-state index in [9.17, 15) is 4.79 Å². The van der Waals surface area contributed by atoms with Crippen molar-refractivity contribution in [3.8, 4) is 0 Å². The maximum absolute atomic E-state index is 12.5. The molecule has 3 rings (SSSR count). The summed E-state index contributed by atoms with van der Waals surface area (Å²) in [4.78, 5) is 14.9. The molecule has 2 fully saturated rings. The lowest BCUT2D eigenvalue weighted by Gasteiger charge is -2.31. The Labute approximate surface area is 145 Å². The van der Waals surface area contributed by atoms with E-state index in [0.29, 0.717) is 6.42 Å². The topological polar surface area (TPSA) is 41.6 Å². The fourth-order valence-corrected chi connectivity index (χ4v) is 3.86. The molecule has 1 amide bonds. The number of hydrogen-bond acceptors (Lipinski definition) is 3. The van der Waals surface area contributed by atoms with Gasteiger partial charge in [-0.1, -0.05) is 56.0 Å². The van der Waals surface area contributed by atoms with E-state index in [1.165, 1.54) is 31.2 Å². The zero-order valence-corrected chi connectivity index (χ0v) is 14.6. The van der Waals surface area contributed by atoms with E-state index in [4.69, 9.17) is 4.74 Å². The summed E-state index contributed by atoms with van der Waals surface area (Å²) in [5.41, 5.74) is 1.19. The molecule has 1 unspecified atom stereocenters. The van der Waals surface area contributed by atoms with Crippen molar-refractivity contribution in [2.24, 2.45) is 5.92 Å². The van der Waals surface area contributed by atoms with Gasteiger partial charge < -0.3 is 10.1 Å². The maximum Gasteiger partial charge on any atom is 0.220 e. The molecule has 1 aromatic carbocycles. The first kappa shape index (κ1) is 17.4. The van der Waals surface area contributed by atoms with Crippen LogP contribution < -0.4 is 5.32 Å². The lowest BCUT2D eigenvalue weighted by atomic mass is 10.0. The van der Waals surface area contributed by atoms with Gasteiger partial charge in [-0.15, -0.1) is 0 Å². The molecule has 2 aliphatic rings. The SMILES string of the molecule is O=C(CCC1CCCC1)NC(CN1CCOCC1)c1ccccc1. The number of ether oxygens (including phenoxy) is 1. The third-order valence-electron chi connectivity index (χ3n) is 5.34. The number of hydrogen-bond donors (Lipinski definition) is 1. The third kappa shape index (κ3) is 5.32. The van der Waals surface area contributed by atoms with Gasteiger partial charge in [0.25, 0.3) is 0 Å². The maximum atomic E-state index is 12.5. The number of morpholine rings is 1. The van der Waals surface area contributed by atoms with Gasteiger partial charge in [0, 0.05) is 26.1 Å². The minimum atomic E-state index is 0.0698. The predicted molar refractivity (Wildman–Crippen MR) is 95.8 cm³/mol. The highest BCUT2D eigenvalue weighted by atomic mass is 16.5. The highest BCUT2D eigenvalue weighted by Gasteiger charge is 2.21. The Morgan fingerprint density at radius 1 is 1.17 bits per heavy atom. The molecular weight excluding hydrogens is 300 g/mol. The number of nitrogens with zero attached hydrogens (tertiary/aromatic N) is 1. The van der Waals surface area contributed by atoms with Crippen molar-refractivity contribution >= 4 is 5.91 Å². The molecule has 1 N–H and O–H groups in total. The molecule has 0 spiro atoms. The van der Waals surface area contributed by atoms with E-state index in [0.717, 1.165) is 45.2 Å². The van der Waals surface area contributed by atoms with E-state index < -0.39 is 0 Å². The van der Waals surface area contributed by atoms with Gasteiger partial charge in [-0.05, 0) is 17.9 Å². The van der Waals surface area contributed by atoms with Gasteiger partial charge in [-0.25, -0.2) is 0 Å². The van der Waals surface area contributed by atoms with E-state index in [1.807, 2.05) is 18.2 Å². The standard InChI is InChI=1S/C20H30N2O2/c23-20(11-10-17-6-4-5-7-17)21-19(18-8-2-1-3-9-18)16-22-12-14-24-15-13-22/h1-3,8-9,17,19H,4-7,10-16H2,(H,21,23). The van der Waals surface area contributed by atoms with Crippen molar-refractivity contribution in [1.82, 2.24) is 10.2 Å². The number of amides is 1. The molecule has 0 bridgehead atoms. The van der Waals surface area contributed by atoms with Crippen LogP contribution in [0.3, 0.4) is 0 Å². The zero-order valence-electron chi connectivity index (χ0n) is 14.6. The van der Waals surface area contributed by atoms with Crippen LogP contribution in [0.1, 0.15) is 50.1 Å². The van der Waals surface area contributed by atoms with Crippen molar-refractivity contribution in [3.63, 3.8) is 0 Å². The van der Waals surface area contributed by atoms with Gasteiger partial charge in [0.1, 0.15) is 0 Å². The number of carbonyl (C=O) groups excluding carboxylic acids is 1. The van der Waals surface area contributed by atoms with Crippen LogP contribution in [0.25, 0.3) is 0 Å². The van der Waals surface area contributed by atoms with Crippen molar-refractivity contribution < 1.29 is 9.53 Å². The molecule has 0 radical (unpaired) electrons. The number of rotatable bonds is 7. The zero-order chi connectivity index (χ0) is 16.6. The molecule has 1 heterocycles. The van der Waals surface area contributed by atoms with Gasteiger partial charge in [-0.2, -0.15) is 0 Å². The molecule has 4 nitrogen and oxygen atoms in total. The summed E-state index contributed by atoms with van der Waals surface area (Å²) in [7, 11) is 0. The second kappa shape index (κ2) is 9.19. The largest absolute Gasteiger partial charge is 0.379 e. The predicted octanol–water partition coefficient (Wildman–Crippen LogP) is 3.15. The fraction of sp³-hybridized carbons (Fsp3) is 0.650. The first-order valence-electron chi connectivity index (χ1n) is 9.45. The Kier molecular flexibility index (Phi) is 6.67. The normalized spacial score (nSPS) is 20.8. The summed E-state index contributed by atoms with van der Waals surface area (Å²) >= 11 is 0. The summed E-state index contributed by atoms with van der Waals surface area (Å²) in [5, 5.41) is 3.28. The molecule has 1 aliphatic carbocycles. The van der Waals surface area contributed by atoms with E-state index in [-0.39, 0.29) is 11.9 Å². The molecule has 1 saturated heterocycles. The highest BCUT2D eigenvalue weighted by molar-refractivity contribution is 5.76. The summed E-state index contributed by atoms with van der Waals surface area (Å²) in [6.07, 6.45) is 7.01. The smallest absolute Gasteiger partial charge is 0.220 e. The highest BCUT2D eigenvalue weighted by Crippen LogP contribution is 2.28. The number of benzene rings is 1. The fourth-order valence-electron chi connectivity index (χ4n) is 3.86. The van der Waals surface area contributed by atoms with E-state index >= 15 is 0 Å². The van der Waals surface area contributed by atoms with E-state index in [2.05, 4.69) is 22.3 Å². The summed E-state index contributed by atoms with van der Waals surface area (Å²) in [6, 6.07) is 10.4. The minimum absolute atomic E-state index is 0.0698. The lowest BCUT2D eigenvalue weighted by molar-refractivity contribution is -0.122. The third-order valence-corrected chi connectivity index (χ3v) is 5.34. The summed E-state index contributed by atoms with van der Waals surface area (Å²) < 4.78 is 5.43. The molecule has 4 heteroatoms. The molecular formula is C20H30N2O2. The van der Waals surface area contributed by atoms with Crippen LogP contribution in [-0.2, 0) is 9.53 Å².